The fraction of sp³-hybridized carbons (Fsp3) is 0.143. The predicted molar refractivity (Wildman–Crippen MR) is 127 cm³/mol. The second-order valence-electron chi connectivity index (χ2n) is 6.24. The smallest absolute Gasteiger partial charge is 0.271 e. The quantitative estimate of drug-likeness (QED) is 0.241. The van der Waals surface area contributed by atoms with Gasteiger partial charge in [-0.15, -0.1) is 0 Å². The standard InChI is InChI=1S/C21H18I2N2O2/c1-13(2)27-20-18(22)9-14(10-19(20)23)12-24-25-21(26)17-8-7-15-5-3-4-6-16(15)11-17/h3-13H,1-2H3,(H,25,26)/b24-12-. The fourth-order valence-electron chi connectivity index (χ4n) is 2.56. The average Bonchev–Trinajstić information content (AvgIpc) is 2.64. The molecule has 0 aliphatic heterocycles. The van der Waals surface area contributed by atoms with Crippen LogP contribution in [-0.4, -0.2) is 18.2 Å². The van der Waals surface area contributed by atoms with Crippen LogP contribution in [0.15, 0.2) is 59.7 Å². The van der Waals surface area contributed by atoms with Gasteiger partial charge in [0.05, 0.1) is 19.5 Å². The molecule has 4 nitrogen and oxygen atoms in total. The normalized spacial score (nSPS) is 11.3. The molecule has 0 fully saturated rings. The Morgan fingerprint density at radius 1 is 1.04 bits per heavy atom. The molecule has 0 saturated heterocycles. The van der Waals surface area contributed by atoms with Gasteiger partial charge in [0.15, 0.2) is 0 Å². The summed E-state index contributed by atoms with van der Waals surface area (Å²) in [6.07, 6.45) is 1.76. The van der Waals surface area contributed by atoms with Crippen LogP contribution in [0.2, 0.25) is 0 Å². The SMILES string of the molecule is CC(C)Oc1c(I)cc(/C=N\NC(=O)c2ccc3ccccc3c2)cc1I. The van der Waals surface area contributed by atoms with Crippen molar-refractivity contribution in [2.75, 3.05) is 0 Å². The molecule has 138 valence electrons. The molecular weight excluding hydrogens is 566 g/mol. The molecule has 0 aromatic heterocycles. The first-order valence-corrected chi connectivity index (χ1v) is 10.6. The number of amides is 1. The van der Waals surface area contributed by atoms with E-state index in [1.165, 1.54) is 0 Å². The maximum atomic E-state index is 12.3. The highest BCUT2D eigenvalue weighted by Gasteiger charge is 2.10. The fourth-order valence-corrected chi connectivity index (χ4v) is 4.63. The van der Waals surface area contributed by atoms with Crippen LogP contribution in [0.3, 0.4) is 0 Å². The van der Waals surface area contributed by atoms with Gasteiger partial charge in [0.1, 0.15) is 5.75 Å². The molecule has 3 aromatic carbocycles. The summed E-state index contributed by atoms with van der Waals surface area (Å²) in [4.78, 5) is 12.3. The van der Waals surface area contributed by atoms with Crippen LogP contribution in [0.1, 0.15) is 29.8 Å². The summed E-state index contributed by atoms with van der Waals surface area (Å²) in [5.74, 6) is 0.643. The lowest BCUT2D eigenvalue weighted by Gasteiger charge is -2.14. The van der Waals surface area contributed by atoms with E-state index in [0.717, 1.165) is 29.2 Å². The molecule has 27 heavy (non-hydrogen) atoms. The highest BCUT2D eigenvalue weighted by Crippen LogP contribution is 2.29. The van der Waals surface area contributed by atoms with E-state index >= 15 is 0 Å². The molecule has 3 aromatic rings. The molecule has 0 aliphatic rings. The zero-order valence-corrected chi connectivity index (χ0v) is 19.2. The van der Waals surface area contributed by atoms with Crippen LogP contribution in [0.4, 0.5) is 0 Å². The van der Waals surface area contributed by atoms with Crippen LogP contribution < -0.4 is 10.2 Å². The van der Waals surface area contributed by atoms with Crippen molar-refractivity contribution in [1.29, 1.82) is 0 Å². The molecular formula is C21H18I2N2O2. The van der Waals surface area contributed by atoms with Crippen molar-refractivity contribution < 1.29 is 9.53 Å². The number of halogens is 2. The summed E-state index contributed by atoms with van der Waals surface area (Å²) in [6.45, 7) is 4.01. The summed E-state index contributed by atoms with van der Waals surface area (Å²) < 4.78 is 7.86. The number of nitrogens with one attached hydrogen (secondary N) is 1. The number of hydrogen-bond donors (Lipinski definition) is 1. The summed E-state index contributed by atoms with van der Waals surface area (Å²) in [5.41, 5.74) is 4.07. The molecule has 0 spiro atoms. The molecule has 0 aliphatic carbocycles. The van der Waals surface area contributed by atoms with Gasteiger partial charge in [-0.3, -0.25) is 4.79 Å². The van der Waals surface area contributed by atoms with Crippen LogP contribution in [0.25, 0.3) is 10.8 Å². The molecule has 0 heterocycles. The number of carbonyl (C=O) groups excluding carboxylic acids is 1. The topological polar surface area (TPSA) is 50.7 Å². The monoisotopic (exact) mass is 584 g/mol. The van der Waals surface area contributed by atoms with Gasteiger partial charge in [-0.25, -0.2) is 5.43 Å². The maximum Gasteiger partial charge on any atom is 0.271 e. The average molecular weight is 584 g/mol. The summed E-state index contributed by atoms with van der Waals surface area (Å²) in [7, 11) is 0. The minimum Gasteiger partial charge on any atom is -0.489 e. The van der Waals surface area contributed by atoms with Gasteiger partial charge in [0.25, 0.3) is 5.91 Å². The van der Waals surface area contributed by atoms with Gasteiger partial charge in [0, 0.05) is 5.56 Å². The largest absolute Gasteiger partial charge is 0.489 e. The first kappa shape index (κ1) is 20.1. The number of nitrogens with zero attached hydrogens (tertiary/aromatic N) is 1. The van der Waals surface area contributed by atoms with Crippen molar-refractivity contribution in [2.45, 2.75) is 20.0 Å². The van der Waals surface area contributed by atoms with E-state index in [9.17, 15) is 4.79 Å². The first-order valence-electron chi connectivity index (χ1n) is 8.42. The molecule has 0 atom stereocenters. The Morgan fingerprint density at radius 2 is 1.70 bits per heavy atom. The number of hydrogen-bond acceptors (Lipinski definition) is 3. The molecule has 1 N–H and O–H groups in total. The van der Waals surface area contributed by atoms with Gasteiger partial charge in [-0.1, -0.05) is 30.3 Å². The van der Waals surface area contributed by atoms with E-state index in [0.29, 0.717) is 5.56 Å². The van der Waals surface area contributed by atoms with Crippen molar-refractivity contribution in [3.8, 4) is 5.75 Å². The highest BCUT2D eigenvalue weighted by atomic mass is 127. The minimum absolute atomic E-state index is 0.118. The number of carbonyl (C=O) groups is 1. The Bertz CT molecular complexity index is 993. The van der Waals surface area contributed by atoms with Crippen molar-refractivity contribution >= 4 is 68.1 Å². The van der Waals surface area contributed by atoms with Crippen LogP contribution in [-0.2, 0) is 0 Å². The van der Waals surface area contributed by atoms with E-state index in [1.54, 1.807) is 12.3 Å². The Labute approximate surface area is 185 Å². The second-order valence-corrected chi connectivity index (χ2v) is 8.57. The zero-order chi connectivity index (χ0) is 19.4. The molecule has 0 unspecified atom stereocenters. The molecule has 0 bridgehead atoms. The maximum absolute atomic E-state index is 12.3. The van der Waals surface area contributed by atoms with Gasteiger partial charge < -0.3 is 4.74 Å². The van der Waals surface area contributed by atoms with Gasteiger partial charge in [-0.2, -0.15) is 5.10 Å². The van der Waals surface area contributed by atoms with E-state index in [-0.39, 0.29) is 12.0 Å². The van der Waals surface area contributed by atoms with Crippen molar-refractivity contribution in [3.63, 3.8) is 0 Å². The third-order valence-electron chi connectivity index (χ3n) is 3.77. The number of ether oxygens (including phenoxy) is 1. The summed E-state index contributed by atoms with van der Waals surface area (Å²) in [5, 5.41) is 6.23. The molecule has 6 heteroatoms. The summed E-state index contributed by atoms with van der Waals surface area (Å²) in [6, 6.07) is 17.5. The number of fused-ring (bicyclic) bond motifs is 1. The van der Waals surface area contributed by atoms with Gasteiger partial charge >= 0.3 is 0 Å². The molecule has 0 radical (unpaired) electrons. The number of hydrazone groups is 1. The highest BCUT2D eigenvalue weighted by molar-refractivity contribution is 14.1. The van der Waals surface area contributed by atoms with Crippen molar-refractivity contribution in [2.24, 2.45) is 5.10 Å². The van der Waals surface area contributed by atoms with Crippen LogP contribution in [0, 0.1) is 7.14 Å². The minimum atomic E-state index is -0.235. The van der Waals surface area contributed by atoms with E-state index < -0.39 is 0 Å². The second kappa shape index (κ2) is 9.01. The van der Waals surface area contributed by atoms with Crippen molar-refractivity contribution in [3.05, 3.63) is 72.9 Å². The predicted octanol–water partition coefficient (Wildman–Crippen LogP) is 5.60. The Morgan fingerprint density at radius 3 is 2.37 bits per heavy atom. The van der Waals surface area contributed by atoms with E-state index in [2.05, 4.69) is 55.7 Å². The lowest BCUT2D eigenvalue weighted by molar-refractivity contribution is 0.0955. The van der Waals surface area contributed by atoms with Crippen LogP contribution >= 0.6 is 45.2 Å². The summed E-state index contributed by atoms with van der Waals surface area (Å²) >= 11 is 4.50. The Kier molecular flexibility index (Phi) is 6.69. The van der Waals surface area contributed by atoms with E-state index in [1.807, 2.05) is 62.4 Å². The number of benzene rings is 3. The number of rotatable bonds is 5. The molecule has 0 saturated carbocycles. The van der Waals surface area contributed by atoms with Gasteiger partial charge in [0.2, 0.25) is 0 Å². The zero-order valence-electron chi connectivity index (χ0n) is 14.9. The Balaban J connectivity index is 1.71. The van der Waals surface area contributed by atoms with Crippen LogP contribution in [0.5, 0.6) is 5.75 Å². The molecule has 3 rings (SSSR count). The van der Waals surface area contributed by atoms with Crippen molar-refractivity contribution in [1.82, 2.24) is 5.43 Å². The van der Waals surface area contributed by atoms with E-state index in [4.69, 9.17) is 4.74 Å². The lowest BCUT2D eigenvalue weighted by Crippen LogP contribution is -2.17. The lowest BCUT2D eigenvalue weighted by atomic mass is 10.1. The van der Waals surface area contributed by atoms with Gasteiger partial charge in [-0.05, 0) is 99.6 Å². The third-order valence-corrected chi connectivity index (χ3v) is 5.37. The first-order chi connectivity index (χ1) is 12.9. The molecule has 1 amide bonds. The third kappa shape index (κ3) is 5.19. The Hall–Kier alpha value is -1.68.